The van der Waals surface area contributed by atoms with Gasteiger partial charge >= 0.3 is 11.7 Å². The molecule has 116 valence electrons. The van der Waals surface area contributed by atoms with Gasteiger partial charge in [0.25, 0.3) is 5.56 Å². The lowest BCUT2D eigenvalue weighted by Crippen LogP contribution is -2.44. The summed E-state index contributed by atoms with van der Waals surface area (Å²) in [6.45, 7) is 2.16. The number of esters is 1. The van der Waals surface area contributed by atoms with Crippen molar-refractivity contribution in [2.24, 2.45) is 14.1 Å². The highest BCUT2D eigenvalue weighted by Crippen LogP contribution is 2.30. The Kier molecular flexibility index (Phi) is 4.32. The first kappa shape index (κ1) is 15.5. The molecule has 1 aromatic rings. The Bertz CT molecular complexity index is 657. The summed E-state index contributed by atoms with van der Waals surface area (Å²) in [6.07, 6.45) is 2.03. The number of hydrogen-bond acceptors (Lipinski definition) is 5. The molecule has 0 N–H and O–H groups in total. The molecule has 0 amide bonds. The Labute approximate surface area is 122 Å². The molecule has 1 heterocycles. The first-order valence-corrected chi connectivity index (χ1v) is 6.96. The molecule has 0 radical (unpaired) electrons. The molecule has 21 heavy (non-hydrogen) atoms. The second-order valence-electron chi connectivity index (χ2n) is 5.48. The molecular weight excluding hydrogens is 274 g/mol. The van der Waals surface area contributed by atoms with E-state index in [9.17, 15) is 14.4 Å². The molecule has 1 atom stereocenters. The predicted octanol–water partition coefficient (Wildman–Crippen LogP) is -0.390. The van der Waals surface area contributed by atoms with Crippen LogP contribution >= 0.6 is 0 Å². The Morgan fingerprint density at radius 2 is 2.00 bits per heavy atom. The van der Waals surface area contributed by atoms with Crippen molar-refractivity contribution < 1.29 is 9.53 Å². The second-order valence-corrected chi connectivity index (χ2v) is 5.48. The number of carbonyl (C=O) groups is 1. The van der Waals surface area contributed by atoms with Crippen molar-refractivity contribution in [1.29, 1.82) is 0 Å². The van der Waals surface area contributed by atoms with Crippen molar-refractivity contribution in [3.8, 4) is 0 Å². The molecule has 2 rings (SSSR count). The fourth-order valence-electron chi connectivity index (χ4n) is 2.41. The van der Waals surface area contributed by atoms with Gasteiger partial charge in [0.2, 0.25) is 0 Å². The summed E-state index contributed by atoms with van der Waals surface area (Å²) in [5, 5.41) is 0. The quantitative estimate of drug-likeness (QED) is 0.692. The van der Waals surface area contributed by atoms with Crippen molar-refractivity contribution in [2.75, 3.05) is 7.11 Å². The summed E-state index contributed by atoms with van der Waals surface area (Å²) >= 11 is 0. The van der Waals surface area contributed by atoms with E-state index in [-0.39, 0.29) is 17.2 Å². The highest BCUT2D eigenvalue weighted by atomic mass is 16.5. The minimum atomic E-state index is -0.401. The van der Waals surface area contributed by atoms with E-state index in [1.807, 2.05) is 4.90 Å². The zero-order valence-corrected chi connectivity index (χ0v) is 12.8. The van der Waals surface area contributed by atoms with Crippen LogP contribution in [0.1, 0.15) is 25.5 Å². The Balaban J connectivity index is 2.32. The van der Waals surface area contributed by atoms with E-state index < -0.39 is 6.04 Å². The van der Waals surface area contributed by atoms with Gasteiger partial charge < -0.3 is 4.74 Å². The molecule has 7 heteroatoms. The minimum absolute atomic E-state index is 0.304. The van der Waals surface area contributed by atoms with Crippen LogP contribution < -0.4 is 11.2 Å². The molecule has 7 nitrogen and oxygen atoms in total. The van der Waals surface area contributed by atoms with Crippen molar-refractivity contribution in [3.63, 3.8) is 0 Å². The number of rotatable bonds is 5. The molecule has 0 bridgehead atoms. The summed E-state index contributed by atoms with van der Waals surface area (Å²) in [6, 6.07) is 1.35. The zero-order chi connectivity index (χ0) is 15.7. The maximum absolute atomic E-state index is 12.0. The fourth-order valence-corrected chi connectivity index (χ4v) is 2.41. The van der Waals surface area contributed by atoms with Crippen molar-refractivity contribution in [1.82, 2.24) is 14.0 Å². The van der Waals surface area contributed by atoms with Crippen LogP contribution in [-0.2, 0) is 30.2 Å². The maximum Gasteiger partial charge on any atom is 0.330 e. The molecule has 0 unspecified atom stereocenters. The van der Waals surface area contributed by atoms with Crippen molar-refractivity contribution >= 4 is 5.97 Å². The van der Waals surface area contributed by atoms with Crippen LogP contribution in [0.15, 0.2) is 15.7 Å². The smallest absolute Gasteiger partial charge is 0.330 e. The van der Waals surface area contributed by atoms with Crippen LogP contribution in [0.4, 0.5) is 0 Å². The zero-order valence-electron chi connectivity index (χ0n) is 12.8. The van der Waals surface area contributed by atoms with Crippen LogP contribution in [0, 0.1) is 0 Å². The van der Waals surface area contributed by atoms with Gasteiger partial charge in [-0.15, -0.1) is 0 Å². The molecule has 0 aliphatic heterocycles. The first-order valence-electron chi connectivity index (χ1n) is 6.96. The van der Waals surface area contributed by atoms with E-state index in [0.717, 1.165) is 17.4 Å². The molecule has 0 saturated heterocycles. The van der Waals surface area contributed by atoms with Gasteiger partial charge in [-0.2, -0.15) is 0 Å². The van der Waals surface area contributed by atoms with Gasteiger partial charge in [0.15, 0.2) is 0 Å². The highest BCUT2D eigenvalue weighted by Gasteiger charge is 2.35. The van der Waals surface area contributed by atoms with E-state index in [1.165, 1.54) is 24.8 Å². The predicted molar refractivity (Wildman–Crippen MR) is 77.0 cm³/mol. The van der Waals surface area contributed by atoms with Crippen molar-refractivity contribution in [3.05, 3.63) is 32.6 Å². The standard InChI is InChI=1S/C14H21N3O4/c1-9(13(19)21-4)17(10-5-6-10)8-11-7-12(18)16(3)14(20)15(11)2/h7,9-10H,5-6,8H2,1-4H3/t9-/m0/s1. The number of hydrogen-bond donors (Lipinski definition) is 0. The molecule has 0 spiro atoms. The molecular formula is C14H21N3O4. The molecule has 1 saturated carbocycles. The lowest BCUT2D eigenvalue weighted by molar-refractivity contribution is -0.146. The van der Waals surface area contributed by atoms with Crippen LogP contribution in [0.5, 0.6) is 0 Å². The number of carbonyl (C=O) groups excluding carboxylic acids is 1. The molecule has 1 aliphatic rings. The van der Waals surface area contributed by atoms with Crippen LogP contribution in [0.2, 0.25) is 0 Å². The molecule has 1 fully saturated rings. The third kappa shape index (κ3) is 3.07. The lowest BCUT2D eigenvalue weighted by Gasteiger charge is -2.27. The van der Waals surface area contributed by atoms with E-state index in [1.54, 1.807) is 14.0 Å². The SMILES string of the molecule is COC(=O)[C@H](C)N(Cc1cc(=O)n(C)c(=O)n1C)C1CC1. The van der Waals surface area contributed by atoms with E-state index >= 15 is 0 Å². The minimum Gasteiger partial charge on any atom is -0.468 e. The van der Waals surface area contributed by atoms with Gasteiger partial charge in [-0.25, -0.2) is 4.79 Å². The highest BCUT2D eigenvalue weighted by molar-refractivity contribution is 5.75. The summed E-state index contributed by atoms with van der Waals surface area (Å²) in [5.41, 5.74) is -0.0979. The first-order chi connectivity index (χ1) is 9.86. The van der Waals surface area contributed by atoms with Gasteiger partial charge in [-0.05, 0) is 19.8 Å². The molecule has 0 aromatic carbocycles. The number of aromatic nitrogens is 2. The summed E-state index contributed by atoms with van der Waals surface area (Å²) < 4.78 is 7.30. The Hall–Kier alpha value is -1.89. The molecule has 1 aliphatic carbocycles. The van der Waals surface area contributed by atoms with Crippen LogP contribution in [0.3, 0.4) is 0 Å². The lowest BCUT2D eigenvalue weighted by atomic mass is 10.2. The van der Waals surface area contributed by atoms with Crippen LogP contribution in [-0.4, -0.2) is 39.2 Å². The van der Waals surface area contributed by atoms with Crippen molar-refractivity contribution in [2.45, 2.75) is 38.4 Å². The van der Waals surface area contributed by atoms with Crippen LogP contribution in [0.25, 0.3) is 0 Å². The molecule has 1 aromatic heterocycles. The number of ether oxygens (including phenoxy) is 1. The average Bonchev–Trinajstić information content (AvgIpc) is 3.30. The van der Waals surface area contributed by atoms with Gasteiger partial charge in [-0.1, -0.05) is 0 Å². The second kappa shape index (κ2) is 5.85. The topological polar surface area (TPSA) is 73.5 Å². The summed E-state index contributed by atoms with van der Waals surface area (Å²) in [5.74, 6) is -0.310. The third-order valence-corrected chi connectivity index (χ3v) is 4.03. The Morgan fingerprint density at radius 3 is 2.52 bits per heavy atom. The number of methoxy groups -OCH3 is 1. The van der Waals surface area contributed by atoms with Gasteiger partial charge in [-0.3, -0.25) is 23.6 Å². The third-order valence-electron chi connectivity index (χ3n) is 4.03. The normalized spacial score (nSPS) is 16.0. The average molecular weight is 295 g/mol. The monoisotopic (exact) mass is 295 g/mol. The van der Waals surface area contributed by atoms with E-state index in [0.29, 0.717) is 18.3 Å². The summed E-state index contributed by atoms with van der Waals surface area (Å²) in [7, 11) is 4.44. The van der Waals surface area contributed by atoms with Gasteiger partial charge in [0, 0.05) is 38.4 Å². The van der Waals surface area contributed by atoms with Gasteiger partial charge in [0.05, 0.1) is 7.11 Å². The van der Waals surface area contributed by atoms with E-state index in [2.05, 4.69) is 0 Å². The van der Waals surface area contributed by atoms with Gasteiger partial charge in [0.1, 0.15) is 6.04 Å². The Morgan fingerprint density at radius 1 is 1.38 bits per heavy atom. The largest absolute Gasteiger partial charge is 0.468 e. The summed E-state index contributed by atoms with van der Waals surface area (Å²) in [4.78, 5) is 37.5. The number of nitrogens with zero attached hydrogens (tertiary/aromatic N) is 3. The van der Waals surface area contributed by atoms with E-state index in [4.69, 9.17) is 4.74 Å². The maximum atomic E-state index is 12.0. The fraction of sp³-hybridized carbons (Fsp3) is 0.643.